The van der Waals surface area contributed by atoms with Crippen molar-refractivity contribution in [2.75, 3.05) is 19.6 Å². The molecule has 4 nitrogen and oxygen atoms in total. The minimum absolute atomic E-state index is 0. The number of halogens is 1. The molecule has 2 atom stereocenters. The molecule has 21 heavy (non-hydrogen) atoms. The van der Waals surface area contributed by atoms with Gasteiger partial charge in [-0.1, -0.05) is 26.7 Å². The van der Waals surface area contributed by atoms with Crippen molar-refractivity contribution in [3.63, 3.8) is 0 Å². The largest absolute Gasteiger partial charge is 0.364 e. The lowest BCUT2D eigenvalue weighted by Gasteiger charge is -2.33. The van der Waals surface area contributed by atoms with Gasteiger partial charge >= 0.3 is 0 Å². The van der Waals surface area contributed by atoms with Crippen LogP contribution in [-0.4, -0.2) is 42.6 Å². The SMILES string of the molecule is CC(C)CCC1CCN(C(=O)[C@@H]2CC[C@H](CN)O2)CC1.Cl. The van der Waals surface area contributed by atoms with Crippen LogP contribution in [0.3, 0.4) is 0 Å². The summed E-state index contributed by atoms with van der Waals surface area (Å²) >= 11 is 0. The van der Waals surface area contributed by atoms with Crippen molar-refractivity contribution in [1.82, 2.24) is 4.90 Å². The molecule has 0 unspecified atom stereocenters. The molecule has 0 saturated carbocycles. The Morgan fingerprint density at radius 3 is 2.43 bits per heavy atom. The quantitative estimate of drug-likeness (QED) is 0.847. The highest BCUT2D eigenvalue weighted by Gasteiger charge is 2.34. The number of carbonyl (C=O) groups is 1. The molecule has 2 N–H and O–H groups in total. The van der Waals surface area contributed by atoms with Gasteiger partial charge in [-0.3, -0.25) is 4.79 Å². The van der Waals surface area contributed by atoms with Crippen LogP contribution in [-0.2, 0) is 9.53 Å². The Bertz CT molecular complexity index is 317. The molecule has 2 aliphatic rings. The summed E-state index contributed by atoms with van der Waals surface area (Å²) in [6.07, 6.45) is 6.57. The normalized spacial score (nSPS) is 27.0. The van der Waals surface area contributed by atoms with Crippen LogP contribution < -0.4 is 5.73 Å². The Morgan fingerprint density at radius 2 is 1.90 bits per heavy atom. The number of ether oxygens (including phenoxy) is 1. The molecule has 5 heteroatoms. The summed E-state index contributed by atoms with van der Waals surface area (Å²) in [5, 5.41) is 0. The first kappa shape index (κ1) is 18.7. The molecule has 2 saturated heterocycles. The summed E-state index contributed by atoms with van der Waals surface area (Å²) in [4.78, 5) is 14.4. The van der Waals surface area contributed by atoms with Gasteiger partial charge in [-0.05, 0) is 37.5 Å². The van der Waals surface area contributed by atoms with Crippen molar-refractivity contribution in [1.29, 1.82) is 0 Å². The molecular weight excluding hydrogens is 288 g/mol. The minimum atomic E-state index is -0.226. The average molecular weight is 319 g/mol. The lowest BCUT2D eigenvalue weighted by Crippen LogP contribution is -2.44. The molecule has 0 aromatic carbocycles. The zero-order valence-electron chi connectivity index (χ0n) is 13.4. The number of carbonyl (C=O) groups excluding carboxylic acids is 1. The summed E-state index contributed by atoms with van der Waals surface area (Å²) < 4.78 is 5.72. The number of rotatable bonds is 5. The van der Waals surface area contributed by atoms with Crippen LogP contribution in [0.5, 0.6) is 0 Å². The second-order valence-corrected chi connectivity index (χ2v) is 6.80. The number of amides is 1. The van der Waals surface area contributed by atoms with Crippen LogP contribution >= 0.6 is 12.4 Å². The van der Waals surface area contributed by atoms with Crippen molar-refractivity contribution in [3.05, 3.63) is 0 Å². The third kappa shape index (κ3) is 5.42. The van der Waals surface area contributed by atoms with Gasteiger partial charge in [0.1, 0.15) is 6.10 Å². The predicted octanol–water partition coefficient (Wildman–Crippen LogP) is 2.59. The van der Waals surface area contributed by atoms with Crippen LogP contribution in [0.1, 0.15) is 52.4 Å². The van der Waals surface area contributed by atoms with Gasteiger partial charge in [-0.25, -0.2) is 0 Å². The molecule has 0 bridgehead atoms. The third-order valence-corrected chi connectivity index (χ3v) is 4.72. The van der Waals surface area contributed by atoms with Crippen LogP contribution in [0.2, 0.25) is 0 Å². The number of nitrogens with two attached hydrogens (primary N) is 1. The van der Waals surface area contributed by atoms with Crippen LogP contribution in [0, 0.1) is 11.8 Å². The molecule has 2 aliphatic heterocycles. The van der Waals surface area contributed by atoms with Gasteiger partial charge in [-0.15, -0.1) is 12.4 Å². The second-order valence-electron chi connectivity index (χ2n) is 6.80. The van der Waals surface area contributed by atoms with E-state index in [0.29, 0.717) is 6.54 Å². The van der Waals surface area contributed by atoms with E-state index in [-0.39, 0.29) is 30.5 Å². The number of hydrogen-bond acceptors (Lipinski definition) is 3. The highest BCUT2D eigenvalue weighted by molar-refractivity contribution is 5.85. The van der Waals surface area contributed by atoms with Crippen molar-refractivity contribution in [2.24, 2.45) is 17.6 Å². The van der Waals surface area contributed by atoms with E-state index >= 15 is 0 Å². The average Bonchev–Trinajstić information content (AvgIpc) is 2.94. The molecule has 124 valence electrons. The molecule has 0 aromatic heterocycles. The Balaban J connectivity index is 0.00000220. The zero-order chi connectivity index (χ0) is 14.5. The van der Waals surface area contributed by atoms with E-state index in [0.717, 1.165) is 50.6 Å². The van der Waals surface area contributed by atoms with Gasteiger partial charge in [0.15, 0.2) is 0 Å². The fourth-order valence-electron chi connectivity index (χ4n) is 3.28. The molecule has 2 fully saturated rings. The number of nitrogens with zero attached hydrogens (tertiary/aromatic N) is 1. The van der Waals surface area contributed by atoms with E-state index in [9.17, 15) is 4.79 Å². The highest BCUT2D eigenvalue weighted by Crippen LogP contribution is 2.26. The number of hydrogen-bond donors (Lipinski definition) is 1. The summed E-state index contributed by atoms with van der Waals surface area (Å²) in [6.45, 7) is 6.92. The molecular formula is C16H31ClN2O2. The van der Waals surface area contributed by atoms with Crippen LogP contribution in [0.25, 0.3) is 0 Å². The summed E-state index contributed by atoms with van der Waals surface area (Å²) in [6, 6.07) is 0. The molecule has 2 rings (SSSR count). The van der Waals surface area contributed by atoms with Crippen molar-refractivity contribution < 1.29 is 9.53 Å². The van der Waals surface area contributed by atoms with Crippen molar-refractivity contribution >= 4 is 18.3 Å². The fourth-order valence-corrected chi connectivity index (χ4v) is 3.28. The summed E-state index contributed by atoms with van der Waals surface area (Å²) in [5.41, 5.74) is 5.60. The third-order valence-electron chi connectivity index (χ3n) is 4.72. The first-order chi connectivity index (χ1) is 9.60. The van der Waals surface area contributed by atoms with Gasteiger partial charge in [-0.2, -0.15) is 0 Å². The molecule has 0 aliphatic carbocycles. The van der Waals surface area contributed by atoms with Crippen LogP contribution in [0.4, 0.5) is 0 Å². The maximum absolute atomic E-state index is 12.4. The molecule has 0 aromatic rings. The second kappa shape index (κ2) is 8.96. The predicted molar refractivity (Wildman–Crippen MR) is 87.6 cm³/mol. The molecule has 1 amide bonds. The van der Waals surface area contributed by atoms with E-state index in [1.54, 1.807) is 0 Å². The zero-order valence-corrected chi connectivity index (χ0v) is 14.2. The summed E-state index contributed by atoms with van der Waals surface area (Å²) in [7, 11) is 0. The Hall–Kier alpha value is -0.320. The van der Waals surface area contributed by atoms with E-state index in [4.69, 9.17) is 10.5 Å². The van der Waals surface area contributed by atoms with E-state index in [1.165, 1.54) is 12.8 Å². The minimum Gasteiger partial charge on any atom is -0.364 e. The van der Waals surface area contributed by atoms with E-state index < -0.39 is 0 Å². The maximum atomic E-state index is 12.4. The lowest BCUT2D eigenvalue weighted by atomic mass is 9.89. The van der Waals surface area contributed by atoms with E-state index in [1.807, 2.05) is 4.90 Å². The Labute approximate surface area is 135 Å². The number of piperidine rings is 1. The van der Waals surface area contributed by atoms with Crippen molar-refractivity contribution in [2.45, 2.75) is 64.6 Å². The highest BCUT2D eigenvalue weighted by atomic mass is 35.5. The first-order valence-electron chi connectivity index (χ1n) is 8.24. The molecule has 0 spiro atoms. The van der Waals surface area contributed by atoms with Gasteiger partial charge in [0.2, 0.25) is 0 Å². The number of likely N-dealkylation sites (tertiary alicyclic amines) is 1. The lowest BCUT2D eigenvalue weighted by molar-refractivity contribution is -0.144. The standard InChI is InChI=1S/C16H30N2O2.ClH/c1-12(2)3-4-13-7-9-18(10-8-13)16(19)15-6-5-14(11-17)20-15;/h12-15H,3-11,17H2,1-2H3;1H/t14-,15+;/m1./s1. The van der Waals surface area contributed by atoms with Gasteiger partial charge < -0.3 is 15.4 Å². The maximum Gasteiger partial charge on any atom is 0.251 e. The van der Waals surface area contributed by atoms with Gasteiger partial charge in [0.05, 0.1) is 6.10 Å². The van der Waals surface area contributed by atoms with E-state index in [2.05, 4.69) is 13.8 Å². The van der Waals surface area contributed by atoms with Crippen LogP contribution in [0.15, 0.2) is 0 Å². The van der Waals surface area contributed by atoms with Gasteiger partial charge in [0, 0.05) is 19.6 Å². The monoisotopic (exact) mass is 318 g/mol. The summed E-state index contributed by atoms with van der Waals surface area (Å²) in [5.74, 6) is 1.79. The first-order valence-corrected chi connectivity index (χ1v) is 8.24. The Kier molecular flexibility index (Phi) is 7.99. The smallest absolute Gasteiger partial charge is 0.251 e. The fraction of sp³-hybridized carbons (Fsp3) is 0.938. The molecule has 2 heterocycles. The topological polar surface area (TPSA) is 55.6 Å². The Morgan fingerprint density at radius 1 is 1.24 bits per heavy atom. The molecule has 0 radical (unpaired) electrons. The van der Waals surface area contributed by atoms with Crippen molar-refractivity contribution in [3.8, 4) is 0 Å². The van der Waals surface area contributed by atoms with Gasteiger partial charge in [0.25, 0.3) is 5.91 Å².